The zero-order valence-electron chi connectivity index (χ0n) is 17.9. The van der Waals surface area contributed by atoms with Crippen molar-refractivity contribution in [3.63, 3.8) is 0 Å². The number of aromatic amines is 1. The molecule has 6 nitrogen and oxygen atoms in total. The van der Waals surface area contributed by atoms with E-state index in [1.54, 1.807) is 12.1 Å². The molecule has 0 aliphatic heterocycles. The van der Waals surface area contributed by atoms with Crippen LogP contribution in [0.15, 0.2) is 69.0 Å². The van der Waals surface area contributed by atoms with Crippen molar-refractivity contribution in [2.75, 3.05) is 0 Å². The summed E-state index contributed by atoms with van der Waals surface area (Å²) in [4.78, 5) is 24.1. The topological polar surface area (TPSA) is 81.0 Å². The van der Waals surface area contributed by atoms with Gasteiger partial charge < -0.3 is 14.1 Å². The van der Waals surface area contributed by atoms with Crippen molar-refractivity contribution in [1.82, 2.24) is 15.0 Å². The average molecular weight is 468 g/mol. The Balaban J connectivity index is 1.49. The molecule has 0 saturated carbocycles. The Kier molecular flexibility index (Phi) is 6.67. The van der Waals surface area contributed by atoms with Crippen LogP contribution < -0.4 is 10.3 Å². The van der Waals surface area contributed by atoms with Crippen LogP contribution in [0.3, 0.4) is 0 Å². The summed E-state index contributed by atoms with van der Waals surface area (Å²) >= 11 is 7.35. The lowest BCUT2D eigenvalue weighted by atomic mass is 10.1. The standard InChI is InChI=1S/C24H22ClN3O3S/c1-14(2)30-19-10-6-17(7-11-19)23-26-21(15(3)31-23)13-32-24-27-20(12-22(29)28-24)16-4-8-18(25)9-5-16/h4-12,14H,13H2,1-3H3,(H,27,28,29). The number of hydrogen-bond acceptors (Lipinski definition) is 6. The lowest BCUT2D eigenvalue weighted by Gasteiger charge is -2.09. The first-order chi connectivity index (χ1) is 15.4. The summed E-state index contributed by atoms with van der Waals surface area (Å²) < 4.78 is 11.5. The maximum atomic E-state index is 12.1. The van der Waals surface area contributed by atoms with E-state index in [9.17, 15) is 4.79 Å². The third-order valence-electron chi connectivity index (χ3n) is 4.57. The number of nitrogens with zero attached hydrogens (tertiary/aromatic N) is 2. The largest absolute Gasteiger partial charge is 0.491 e. The molecule has 164 valence electrons. The van der Waals surface area contributed by atoms with Crippen LogP contribution in [0.4, 0.5) is 0 Å². The molecule has 0 bridgehead atoms. The second-order valence-corrected chi connectivity index (χ2v) is 8.84. The predicted molar refractivity (Wildman–Crippen MR) is 127 cm³/mol. The number of aromatic nitrogens is 3. The van der Waals surface area contributed by atoms with Gasteiger partial charge in [0.05, 0.1) is 17.5 Å². The Labute approximate surface area is 195 Å². The molecule has 4 aromatic rings. The fourth-order valence-corrected chi connectivity index (χ4v) is 4.05. The summed E-state index contributed by atoms with van der Waals surface area (Å²) in [5.74, 6) is 2.59. The van der Waals surface area contributed by atoms with Crippen molar-refractivity contribution in [1.29, 1.82) is 0 Å². The summed E-state index contributed by atoms with van der Waals surface area (Å²) in [5, 5.41) is 1.15. The molecule has 0 radical (unpaired) electrons. The predicted octanol–water partition coefficient (Wildman–Crippen LogP) is 6.13. The second-order valence-electron chi connectivity index (χ2n) is 7.44. The van der Waals surface area contributed by atoms with Crippen molar-refractivity contribution in [2.45, 2.75) is 37.8 Å². The Morgan fingerprint density at radius 1 is 1.06 bits per heavy atom. The lowest BCUT2D eigenvalue weighted by Crippen LogP contribution is -2.08. The number of halogens is 1. The van der Waals surface area contributed by atoms with E-state index < -0.39 is 0 Å². The van der Waals surface area contributed by atoms with Gasteiger partial charge in [0.2, 0.25) is 5.89 Å². The number of aryl methyl sites for hydroxylation is 1. The Hall–Kier alpha value is -3.03. The van der Waals surface area contributed by atoms with Gasteiger partial charge in [0.1, 0.15) is 11.5 Å². The normalized spacial score (nSPS) is 11.2. The van der Waals surface area contributed by atoms with E-state index in [-0.39, 0.29) is 11.7 Å². The number of rotatable bonds is 7. The molecule has 0 aliphatic rings. The molecular formula is C24H22ClN3O3S. The molecule has 0 saturated heterocycles. The maximum absolute atomic E-state index is 12.1. The van der Waals surface area contributed by atoms with Crippen LogP contribution in [0, 0.1) is 6.92 Å². The molecule has 0 fully saturated rings. The van der Waals surface area contributed by atoms with Crippen LogP contribution in [0.2, 0.25) is 5.02 Å². The number of hydrogen-bond donors (Lipinski definition) is 1. The zero-order chi connectivity index (χ0) is 22.7. The number of oxazole rings is 1. The molecule has 1 N–H and O–H groups in total. The van der Waals surface area contributed by atoms with Crippen LogP contribution in [0.25, 0.3) is 22.7 Å². The van der Waals surface area contributed by atoms with E-state index in [2.05, 4.69) is 15.0 Å². The van der Waals surface area contributed by atoms with Gasteiger partial charge in [0, 0.05) is 28.0 Å². The van der Waals surface area contributed by atoms with E-state index in [4.69, 9.17) is 20.8 Å². The molecule has 0 amide bonds. The van der Waals surface area contributed by atoms with Gasteiger partial charge in [-0.05, 0) is 57.2 Å². The highest BCUT2D eigenvalue weighted by atomic mass is 35.5. The van der Waals surface area contributed by atoms with Crippen LogP contribution >= 0.6 is 23.4 Å². The van der Waals surface area contributed by atoms with Gasteiger partial charge in [0.25, 0.3) is 5.56 Å². The first kappa shape index (κ1) is 22.2. The molecule has 2 aromatic heterocycles. The van der Waals surface area contributed by atoms with Crippen molar-refractivity contribution >= 4 is 23.4 Å². The fourth-order valence-electron chi connectivity index (χ4n) is 3.04. The third kappa shape index (κ3) is 5.41. The molecule has 0 atom stereocenters. The Morgan fingerprint density at radius 2 is 1.75 bits per heavy atom. The monoisotopic (exact) mass is 467 g/mol. The first-order valence-corrected chi connectivity index (χ1v) is 11.5. The van der Waals surface area contributed by atoms with Gasteiger partial charge in [-0.25, -0.2) is 9.97 Å². The van der Waals surface area contributed by atoms with E-state index in [0.717, 1.165) is 28.3 Å². The molecule has 0 unspecified atom stereocenters. The number of H-pyrrole nitrogens is 1. The summed E-state index contributed by atoms with van der Waals surface area (Å²) in [5.41, 5.74) is 2.87. The van der Waals surface area contributed by atoms with Gasteiger partial charge in [-0.1, -0.05) is 35.5 Å². The summed E-state index contributed by atoms with van der Waals surface area (Å²) in [7, 11) is 0. The number of thioether (sulfide) groups is 1. The zero-order valence-corrected chi connectivity index (χ0v) is 19.5. The molecule has 0 spiro atoms. The van der Waals surface area contributed by atoms with Crippen LogP contribution in [0.5, 0.6) is 5.75 Å². The molecule has 32 heavy (non-hydrogen) atoms. The number of ether oxygens (including phenoxy) is 1. The van der Waals surface area contributed by atoms with E-state index in [1.807, 2.05) is 57.2 Å². The second kappa shape index (κ2) is 9.63. The highest BCUT2D eigenvalue weighted by Crippen LogP contribution is 2.28. The van der Waals surface area contributed by atoms with Crippen molar-refractivity contribution < 1.29 is 9.15 Å². The van der Waals surface area contributed by atoms with Crippen molar-refractivity contribution in [3.8, 4) is 28.5 Å². The molecular weight excluding hydrogens is 446 g/mol. The first-order valence-electron chi connectivity index (χ1n) is 10.1. The number of nitrogens with one attached hydrogen (secondary N) is 1. The molecule has 4 rings (SSSR count). The minimum Gasteiger partial charge on any atom is -0.491 e. The highest BCUT2D eigenvalue weighted by Gasteiger charge is 2.13. The average Bonchev–Trinajstić information content (AvgIpc) is 3.13. The van der Waals surface area contributed by atoms with Crippen LogP contribution in [-0.4, -0.2) is 21.1 Å². The van der Waals surface area contributed by atoms with Gasteiger partial charge in [-0.3, -0.25) is 4.79 Å². The van der Waals surface area contributed by atoms with Crippen molar-refractivity contribution in [3.05, 3.63) is 81.4 Å². The fraction of sp³-hybridized carbons (Fsp3) is 0.208. The smallest absolute Gasteiger partial charge is 0.252 e. The SMILES string of the molecule is Cc1oc(-c2ccc(OC(C)C)cc2)nc1CSc1nc(-c2ccc(Cl)cc2)cc(=O)[nH]1. The van der Waals surface area contributed by atoms with E-state index in [1.165, 1.54) is 17.8 Å². The van der Waals surface area contributed by atoms with Gasteiger partial charge in [0.15, 0.2) is 5.16 Å². The summed E-state index contributed by atoms with van der Waals surface area (Å²) in [6.45, 7) is 5.86. The Morgan fingerprint density at radius 3 is 2.44 bits per heavy atom. The minimum atomic E-state index is -0.214. The lowest BCUT2D eigenvalue weighted by molar-refractivity contribution is 0.242. The third-order valence-corrected chi connectivity index (χ3v) is 5.71. The summed E-state index contributed by atoms with van der Waals surface area (Å²) in [6, 6.07) is 16.3. The van der Waals surface area contributed by atoms with E-state index >= 15 is 0 Å². The molecule has 2 heterocycles. The molecule has 2 aromatic carbocycles. The summed E-state index contributed by atoms with van der Waals surface area (Å²) in [6.07, 6.45) is 0.117. The van der Waals surface area contributed by atoms with Crippen LogP contribution in [0.1, 0.15) is 25.3 Å². The van der Waals surface area contributed by atoms with Crippen molar-refractivity contribution in [2.24, 2.45) is 0 Å². The van der Waals surface area contributed by atoms with Crippen LogP contribution in [-0.2, 0) is 5.75 Å². The van der Waals surface area contributed by atoms with Gasteiger partial charge in [-0.2, -0.15) is 0 Å². The molecule has 0 aliphatic carbocycles. The van der Waals surface area contributed by atoms with E-state index in [0.29, 0.717) is 27.5 Å². The molecule has 8 heteroatoms. The number of benzene rings is 2. The minimum absolute atomic E-state index is 0.117. The highest BCUT2D eigenvalue weighted by molar-refractivity contribution is 7.98. The quantitative estimate of drug-likeness (QED) is 0.260. The maximum Gasteiger partial charge on any atom is 0.252 e. The van der Waals surface area contributed by atoms with Gasteiger partial charge >= 0.3 is 0 Å². The van der Waals surface area contributed by atoms with Gasteiger partial charge in [-0.15, -0.1) is 0 Å². The Bertz CT molecular complexity index is 1270.